The predicted molar refractivity (Wildman–Crippen MR) is 81.3 cm³/mol. The summed E-state index contributed by atoms with van der Waals surface area (Å²) in [5, 5.41) is 20.0. The summed E-state index contributed by atoms with van der Waals surface area (Å²) in [6, 6.07) is 0. The molecule has 0 unspecified atom stereocenters. The van der Waals surface area contributed by atoms with Gasteiger partial charge in [-0.3, -0.25) is 9.59 Å². The van der Waals surface area contributed by atoms with E-state index in [1.807, 2.05) is 27.7 Å². The molecule has 0 N–H and O–H groups in total. The van der Waals surface area contributed by atoms with Gasteiger partial charge in [-0.25, -0.2) is 0 Å². The van der Waals surface area contributed by atoms with Crippen LogP contribution in [0.5, 0.6) is 0 Å². The average molecular weight is 408 g/mol. The summed E-state index contributed by atoms with van der Waals surface area (Å²) in [5.41, 5.74) is 0. The Morgan fingerprint density at radius 2 is 1.04 bits per heavy atom. The molecule has 0 aliphatic rings. The Morgan fingerprint density at radius 1 is 0.783 bits per heavy atom. The summed E-state index contributed by atoms with van der Waals surface area (Å²) in [5.74, 6) is -0.750. The minimum absolute atomic E-state index is 0.187. The van der Waals surface area contributed by atoms with Crippen molar-refractivity contribution >= 4 is 11.6 Å². The predicted octanol–water partition coefficient (Wildman–Crippen LogP) is 1.43. The van der Waals surface area contributed by atoms with Crippen molar-refractivity contribution in [1.82, 2.24) is 0 Å². The van der Waals surface area contributed by atoms with E-state index in [4.69, 9.17) is 5.63 Å². The molecule has 0 aromatic rings. The van der Waals surface area contributed by atoms with E-state index in [0.717, 1.165) is 12.2 Å². The Morgan fingerprint density at radius 3 is 1.13 bits per heavy atom. The van der Waals surface area contributed by atoms with Gasteiger partial charge in [-0.15, -0.1) is 11.5 Å². The van der Waals surface area contributed by atoms with Crippen LogP contribution in [0.1, 0.15) is 55.4 Å². The Balaban J connectivity index is -0.000000264. The molecule has 0 rings (SSSR count). The van der Waals surface area contributed by atoms with Crippen molar-refractivity contribution in [3.8, 4) is 0 Å². The van der Waals surface area contributed by atoms with Gasteiger partial charge in [0.25, 0.3) is 0 Å². The summed E-state index contributed by atoms with van der Waals surface area (Å²) in [6.45, 7) is 13.5. The summed E-state index contributed by atoms with van der Waals surface area (Å²) < 4.78 is 10.6. The second-order valence-corrected chi connectivity index (χ2v) is 6.72. The molecule has 0 aliphatic carbocycles. The zero-order valence-corrected chi connectivity index (χ0v) is 17.7. The van der Waals surface area contributed by atoms with E-state index < -0.39 is 24.1 Å². The van der Waals surface area contributed by atoms with Crippen LogP contribution in [0.4, 0.5) is 0 Å². The molecule has 0 atom stereocenters. The molecule has 132 valence electrons. The normalized spacial score (nSPS) is 11.0. The Bertz CT molecular complexity index is 342. The third kappa shape index (κ3) is 44.9. The SMILES string of the molecule is CC(=O)/C=C(/C)[O-].CC(=O)/C=C(/C)[O-].CC(C)[O][Zr+2][O]C(C)C. The van der Waals surface area contributed by atoms with Gasteiger partial charge < -0.3 is 10.2 Å². The molecule has 0 bridgehead atoms. The minimum atomic E-state index is -0.929. The fourth-order valence-corrected chi connectivity index (χ4v) is 1.88. The van der Waals surface area contributed by atoms with Gasteiger partial charge in [0.2, 0.25) is 0 Å². The van der Waals surface area contributed by atoms with E-state index >= 15 is 0 Å². The van der Waals surface area contributed by atoms with Gasteiger partial charge >= 0.3 is 69.6 Å². The second-order valence-electron chi connectivity index (χ2n) is 5.15. The van der Waals surface area contributed by atoms with Gasteiger partial charge in [0.1, 0.15) is 0 Å². The zero-order valence-electron chi connectivity index (χ0n) is 15.3. The average Bonchev–Trinajstić information content (AvgIpc) is 2.24. The third-order valence-corrected chi connectivity index (χ3v) is 4.17. The number of hydrogen-bond acceptors (Lipinski definition) is 6. The van der Waals surface area contributed by atoms with Crippen LogP contribution in [0, 0.1) is 0 Å². The number of carbonyl (C=O) groups is 2. The molecular weight excluding hydrogens is 379 g/mol. The van der Waals surface area contributed by atoms with Gasteiger partial charge in [-0.05, 0) is 26.0 Å². The number of allylic oxidation sites excluding steroid dienone is 4. The molecule has 23 heavy (non-hydrogen) atoms. The van der Waals surface area contributed by atoms with E-state index in [9.17, 15) is 19.8 Å². The molecule has 0 fully saturated rings. The zero-order chi connectivity index (χ0) is 19.0. The van der Waals surface area contributed by atoms with E-state index in [1.54, 1.807) is 0 Å². The number of rotatable bonds is 6. The van der Waals surface area contributed by atoms with Crippen molar-refractivity contribution < 1.29 is 49.5 Å². The molecule has 0 heterocycles. The summed E-state index contributed by atoms with van der Waals surface area (Å²) in [7, 11) is 0. The van der Waals surface area contributed by atoms with Crippen molar-refractivity contribution in [3.63, 3.8) is 0 Å². The molecule has 0 aliphatic heterocycles. The first kappa shape index (κ1) is 27.1. The molecule has 0 aromatic carbocycles. The molecular formula is C16H28O6Zr. The molecule has 0 spiro atoms. The molecule has 0 saturated heterocycles. The van der Waals surface area contributed by atoms with Crippen molar-refractivity contribution in [1.29, 1.82) is 0 Å². The van der Waals surface area contributed by atoms with E-state index in [0.29, 0.717) is 12.2 Å². The van der Waals surface area contributed by atoms with Crippen LogP contribution in [0.3, 0.4) is 0 Å². The van der Waals surface area contributed by atoms with E-state index in [-0.39, 0.29) is 23.1 Å². The van der Waals surface area contributed by atoms with E-state index in [1.165, 1.54) is 27.7 Å². The topological polar surface area (TPSA) is 98.7 Å². The van der Waals surface area contributed by atoms with Gasteiger partial charge in [-0.1, -0.05) is 13.8 Å². The summed E-state index contributed by atoms with van der Waals surface area (Å²) >= 11 is -0.929. The number of ketones is 2. The summed E-state index contributed by atoms with van der Waals surface area (Å²) in [6.07, 6.45) is 2.80. The fourth-order valence-electron chi connectivity index (χ4n) is 0.793. The van der Waals surface area contributed by atoms with Gasteiger partial charge in [0.15, 0.2) is 11.6 Å². The first-order valence-corrected chi connectivity index (χ1v) is 9.17. The maximum atomic E-state index is 9.98. The van der Waals surface area contributed by atoms with Gasteiger partial charge in [0.05, 0.1) is 0 Å². The molecule has 0 amide bonds. The molecule has 6 nitrogen and oxygen atoms in total. The van der Waals surface area contributed by atoms with Crippen LogP contribution in [0.25, 0.3) is 0 Å². The van der Waals surface area contributed by atoms with Crippen LogP contribution < -0.4 is 10.2 Å². The van der Waals surface area contributed by atoms with Crippen LogP contribution in [0.15, 0.2) is 23.7 Å². The quantitative estimate of drug-likeness (QED) is 0.488. The third-order valence-electron chi connectivity index (χ3n) is 1.38. The Hall–Kier alpha value is -0.777. The van der Waals surface area contributed by atoms with Crippen LogP contribution >= 0.6 is 0 Å². The molecule has 7 heteroatoms. The van der Waals surface area contributed by atoms with Crippen molar-refractivity contribution in [2.45, 2.75) is 67.6 Å². The first-order chi connectivity index (χ1) is 10.4. The number of carbonyl (C=O) groups excluding carboxylic acids is 2. The first-order valence-electron chi connectivity index (χ1n) is 7.16. The monoisotopic (exact) mass is 406 g/mol. The van der Waals surface area contributed by atoms with Crippen molar-refractivity contribution in [3.05, 3.63) is 23.7 Å². The van der Waals surface area contributed by atoms with E-state index in [2.05, 4.69) is 0 Å². The Labute approximate surface area is 152 Å². The van der Waals surface area contributed by atoms with Crippen molar-refractivity contribution in [2.75, 3.05) is 0 Å². The Kier molecular flexibility index (Phi) is 20.7. The summed E-state index contributed by atoms with van der Waals surface area (Å²) in [4.78, 5) is 20.0. The van der Waals surface area contributed by atoms with Gasteiger partial charge in [-0.2, -0.15) is 0 Å². The standard InChI is InChI=1S/2C5H8O2.2C3H7O.Zr/c2*1-4(6)3-5(2)7;2*1-3(2)4;/h2*3,6H,1-2H3;2*3H,1-2H3;/q;;2*-1;+4/p-2/b2*4-3-;;;. The fraction of sp³-hybridized carbons (Fsp3) is 0.625. The van der Waals surface area contributed by atoms with Crippen molar-refractivity contribution in [2.24, 2.45) is 0 Å². The molecule has 0 radical (unpaired) electrons. The van der Waals surface area contributed by atoms with Crippen LogP contribution in [-0.4, -0.2) is 23.8 Å². The van der Waals surface area contributed by atoms with Gasteiger partial charge in [0, 0.05) is 0 Å². The maximum absolute atomic E-state index is 9.98. The van der Waals surface area contributed by atoms with Crippen LogP contribution in [0.2, 0.25) is 0 Å². The number of hydrogen-bond donors (Lipinski definition) is 0. The second kappa shape index (κ2) is 17.6. The molecule has 0 aromatic heterocycles. The molecule has 0 saturated carbocycles. The van der Waals surface area contributed by atoms with Crippen LogP contribution in [-0.2, 0) is 39.3 Å².